The van der Waals surface area contributed by atoms with Crippen LogP contribution in [0.15, 0.2) is 30.9 Å². The standard InChI is InChI=1S/C20H22ClFN5O7P/c1-20(29)16(28)14(33-19(20)27-9-26-15-17(23)24-8-25-18(15)27)7-32-35(30)31-5-4-13(34-35)10-2-3-11(21)12(22)6-10/h2-3,6,8-9,13-14,16,19,28-29H,4-5,7H2,1H3,(H2,23,24,25)/t13-,14+,16+,19+,20+,35?/m0/s1. The van der Waals surface area contributed by atoms with Crippen LogP contribution < -0.4 is 5.73 Å². The van der Waals surface area contributed by atoms with Gasteiger partial charge in [0.1, 0.15) is 35.5 Å². The van der Waals surface area contributed by atoms with Crippen molar-refractivity contribution in [2.75, 3.05) is 18.9 Å². The number of nitrogens with two attached hydrogens (primary N) is 1. The lowest BCUT2D eigenvalue weighted by Gasteiger charge is -2.30. The van der Waals surface area contributed by atoms with Crippen molar-refractivity contribution in [1.29, 1.82) is 0 Å². The largest absolute Gasteiger partial charge is 0.475 e. The minimum absolute atomic E-state index is 0.0305. The highest BCUT2D eigenvalue weighted by Gasteiger charge is 2.54. The Hall–Kier alpha value is -2.22. The molecule has 2 aliphatic heterocycles. The Kier molecular flexibility index (Phi) is 6.31. The third-order valence-electron chi connectivity index (χ3n) is 5.99. The van der Waals surface area contributed by atoms with E-state index in [0.29, 0.717) is 23.1 Å². The molecule has 2 aromatic heterocycles. The van der Waals surface area contributed by atoms with E-state index in [1.807, 2.05) is 0 Å². The van der Waals surface area contributed by atoms with Gasteiger partial charge in [-0.25, -0.2) is 23.9 Å². The molecule has 1 aromatic carbocycles. The summed E-state index contributed by atoms with van der Waals surface area (Å²) in [6.45, 7) is 0.971. The fourth-order valence-electron chi connectivity index (χ4n) is 4.10. The molecule has 0 saturated carbocycles. The average molecular weight is 530 g/mol. The molecule has 0 bridgehead atoms. The lowest BCUT2D eigenvalue weighted by Crippen LogP contribution is -2.44. The van der Waals surface area contributed by atoms with Crippen LogP contribution in [0.25, 0.3) is 11.2 Å². The molecule has 188 valence electrons. The Balaban J connectivity index is 1.30. The molecule has 5 rings (SSSR count). The number of aromatic nitrogens is 4. The molecule has 2 aliphatic rings. The van der Waals surface area contributed by atoms with Gasteiger partial charge in [0.2, 0.25) is 0 Å². The van der Waals surface area contributed by atoms with Crippen LogP contribution in [-0.2, 0) is 22.9 Å². The Morgan fingerprint density at radius 3 is 2.97 bits per heavy atom. The summed E-state index contributed by atoms with van der Waals surface area (Å²) in [5.41, 5.74) is 5.04. The monoisotopic (exact) mass is 529 g/mol. The maximum Gasteiger partial charge on any atom is 0.475 e. The number of rotatable bonds is 5. The summed E-state index contributed by atoms with van der Waals surface area (Å²) in [4.78, 5) is 12.1. The Labute approximate surface area is 203 Å². The zero-order valence-corrected chi connectivity index (χ0v) is 20.0. The van der Waals surface area contributed by atoms with Crippen molar-refractivity contribution in [2.45, 2.75) is 43.5 Å². The van der Waals surface area contributed by atoms with E-state index < -0.39 is 50.4 Å². The van der Waals surface area contributed by atoms with Gasteiger partial charge < -0.3 is 20.7 Å². The number of aliphatic hydroxyl groups is 2. The summed E-state index contributed by atoms with van der Waals surface area (Å²) < 4.78 is 50.4. The molecule has 0 radical (unpaired) electrons. The van der Waals surface area contributed by atoms with Crippen molar-refractivity contribution >= 4 is 36.4 Å². The van der Waals surface area contributed by atoms with Crippen molar-refractivity contribution in [1.82, 2.24) is 19.5 Å². The van der Waals surface area contributed by atoms with Crippen molar-refractivity contribution < 1.29 is 37.5 Å². The van der Waals surface area contributed by atoms with E-state index >= 15 is 0 Å². The minimum Gasteiger partial charge on any atom is -0.387 e. The number of nitrogens with zero attached hydrogens (tertiary/aromatic N) is 4. The van der Waals surface area contributed by atoms with E-state index in [4.69, 9.17) is 35.6 Å². The van der Waals surface area contributed by atoms with E-state index in [9.17, 15) is 19.2 Å². The second kappa shape index (κ2) is 9.02. The second-order valence-electron chi connectivity index (χ2n) is 8.41. The number of nitrogen functional groups attached to an aromatic ring is 1. The first-order valence-corrected chi connectivity index (χ1v) is 12.4. The van der Waals surface area contributed by atoms with Crippen LogP contribution in [0.3, 0.4) is 0 Å². The van der Waals surface area contributed by atoms with E-state index in [1.165, 1.54) is 36.3 Å². The highest BCUT2D eigenvalue weighted by atomic mass is 35.5. The van der Waals surface area contributed by atoms with Crippen LogP contribution in [0.5, 0.6) is 0 Å². The summed E-state index contributed by atoms with van der Waals surface area (Å²) in [6, 6.07) is 4.13. The molecule has 12 nitrogen and oxygen atoms in total. The predicted octanol–water partition coefficient (Wildman–Crippen LogP) is 2.51. The maximum atomic E-state index is 13.9. The quantitative estimate of drug-likeness (QED) is 0.416. The van der Waals surface area contributed by atoms with Crippen LogP contribution >= 0.6 is 19.4 Å². The smallest absolute Gasteiger partial charge is 0.387 e. The predicted molar refractivity (Wildman–Crippen MR) is 120 cm³/mol. The highest BCUT2D eigenvalue weighted by molar-refractivity contribution is 7.48. The lowest BCUT2D eigenvalue weighted by molar-refractivity contribution is -0.0953. The van der Waals surface area contributed by atoms with Gasteiger partial charge in [-0.15, -0.1) is 0 Å². The fraction of sp³-hybridized carbons (Fsp3) is 0.450. The van der Waals surface area contributed by atoms with Crippen LogP contribution in [0.1, 0.15) is 31.2 Å². The van der Waals surface area contributed by atoms with Crippen molar-refractivity contribution in [2.24, 2.45) is 0 Å². The Bertz CT molecular complexity index is 1310. The van der Waals surface area contributed by atoms with Crippen molar-refractivity contribution in [3.63, 3.8) is 0 Å². The van der Waals surface area contributed by atoms with Gasteiger partial charge in [0, 0.05) is 6.42 Å². The number of phosphoric ester groups is 1. The Morgan fingerprint density at radius 2 is 2.20 bits per heavy atom. The average Bonchev–Trinajstić information content (AvgIpc) is 3.34. The summed E-state index contributed by atoms with van der Waals surface area (Å²) in [5.74, 6) is -0.489. The number of fused-ring (bicyclic) bond motifs is 1. The zero-order valence-electron chi connectivity index (χ0n) is 18.3. The third kappa shape index (κ3) is 4.43. The Morgan fingerprint density at radius 1 is 1.40 bits per heavy atom. The number of anilines is 1. The normalized spacial score (nSPS) is 33.4. The van der Waals surface area contributed by atoms with Gasteiger partial charge in [-0.2, -0.15) is 0 Å². The number of benzene rings is 1. The second-order valence-corrected chi connectivity index (χ2v) is 10.4. The van der Waals surface area contributed by atoms with E-state index in [1.54, 1.807) is 6.07 Å². The van der Waals surface area contributed by atoms with Gasteiger partial charge in [0.15, 0.2) is 17.7 Å². The molecule has 2 saturated heterocycles. The van der Waals surface area contributed by atoms with Gasteiger partial charge in [0.25, 0.3) is 0 Å². The highest BCUT2D eigenvalue weighted by Crippen LogP contribution is 2.57. The third-order valence-corrected chi connectivity index (χ3v) is 7.78. The minimum atomic E-state index is -4.09. The maximum absolute atomic E-state index is 13.9. The lowest BCUT2D eigenvalue weighted by atomic mass is 9.96. The summed E-state index contributed by atoms with van der Waals surface area (Å²) in [7, 11) is -4.09. The molecule has 2 fully saturated rings. The molecule has 0 amide bonds. The molecular weight excluding hydrogens is 508 g/mol. The van der Waals surface area contributed by atoms with Gasteiger partial charge in [-0.1, -0.05) is 17.7 Å². The molecule has 3 aromatic rings. The van der Waals surface area contributed by atoms with E-state index in [2.05, 4.69) is 15.0 Å². The van der Waals surface area contributed by atoms with Crippen LogP contribution in [0, 0.1) is 5.82 Å². The van der Waals surface area contributed by atoms with E-state index in [-0.39, 0.29) is 17.4 Å². The summed E-state index contributed by atoms with van der Waals surface area (Å²) >= 11 is 5.73. The molecule has 0 spiro atoms. The molecule has 6 atom stereocenters. The number of hydrogen-bond acceptors (Lipinski definition) is 11. The molecular formula is C20H22ClFN5O7P. The number of phosphoric acid groups is 1. The van der Waals surface area contributed by atoms with Crippen LogP contribution in [0.2, 0.25) is 5.02 Å². The van der Waals surface area contributed by atoms with Gasteiger partial charge in [-0.3, -0.25) is 18.1 Å². The SMILES string of the molecule is C[C@@]1(O)[C@H](O)[C@@H](COP2(=O)OCC[C@@H](c3ccc(Cl)c(F)c3)O2)O[C@H]1n1cnc2c(N)ncnc21. The van der Waals surface area contributed by atoms with Crippen LogP contribution in [0.4, 0.5) is 10.2 Å². The number of halogens is 2. The first-order chi connectivity index (χ1) is 16.6. The molecule has 4 N–H and O–H groups in total. The summed E-state index contributed by atoms with van der Waals surface area (Å²) in [6.07, 6.45) is -1.52. The number of aliphatic hydroxyl groups excluding tert-OH is 1. The molecule has 1 unspecified atom stereocenters. The first-order valence-electron chi connectivity index (χ1n) is 10.6. The number of ether oxygens (including phenoxy) is 1. The molecule has 0 aliphatic carbocycles. The topological polar surface area (TPSA) is 164 Å². The van der Waals surface area contributed by atoms with Crippen molar-refractivity contribution in [3.05, 3.63) is 47.3 Å². The number of hydrogen-bond donors (Lipinski definition) is 3. The molecule has 35 heavy (non-hydrogen) atoms. The van der Waals surface area contributed by atoms with Crippen molar-refractivity contribution in [3.8, 4) is 0 Å². The fourth-order valence-corrected chi connectivity index (χ4v) is 5.61. The van der Waals surface area contributed by atoms with Crippen LogP contribution in [-0.4, -0.2) is 60.8 Å². The van der Waals surface area contributed by atoms with E-state index in [0.717, 1.165) is 0 Å². The van der Waals surface area contributed by atoms with Gasteiger partial charge >= 0.3 is 7.82 Å². The first kappa shape index (κ1) is 24.5. The molecule has 4 heterocycles. The van der Waals surface area contributed by atoms with Gasteiger partial charge in [0.05, 0.1) is 30.7 Å². The van der Waals surface area contributed by atoms with Gasteiger partial charge in [-0.05, 0) is 24.6 Å². The zero-order chi connectivity index (χ0) is 25.0. The molecule has 15 heteroatoms. The number of imidazole rings is 1. The summed E-state index contributed by atoms with van der Waals surface area (Å²) in [5, 5.41) is 21.7.